The number of hydrogen-bond acceptors (Lipinski definition) is 2. The Morgan fingerprint density at radius 1 is 1.12 bits per heavy atom. The van der Waals surface area contributed by atoms with E-state index in [2.05, 4.69) is 15.6 Å². The van der Waals surface area contributed by atoms with E-state index in [1.165, 1.54) is 12.1 Å². The van der Waals surface area contributed by atoms with Crippen molar-refractivity contribution in [1.29, 1.82) is 0 Å². The average Bonchev–Trinajstić information content (AvgIpc) is 2.53. The summed E-state index contributed by atoms with van der Waals surface area (Å²) in [6, 6.07) is 5.10. The summed E-state index contributed by atoms with van der Waals surface area (Å²) in [7, 11) is 1.66. The van der Waals surface area contributed by atoms with Gasteiger partial charge in [0.05, 0.1) is 5.56 Å². The summed E-state index contributed by atoms with van der Waals surface area (Å²) in [5.74, 6) is 0.626. The number of benzene rings is 1. The van der Waals surface area contributed by atoms with Crippen molar-refractivity contribution in [3.8, 4) is 0 Å². The molecule has 0 bridgehead atoms. The smallest absolute Gasteiger partial charge is 0.382 e. The number of alkyl halides is 3. The fourth-order valence-electron chi connectivity index (χ4n) is 1.90. The van der Waals surface area contributed by atoms with Crippen molar-refractivity contribution in [3.05, 3.63) is 35.4 Å². The number of rotatable bonds is 8. The van der Waals surface area contributed by atoms with E-state index in [9.17, 15) is 13.2 Å². The molecule has 0 heterocycles. The van der Waals surface area contributed by atoms with Crippen LogP contribution in [0, 0.1) is 0 Å². The normalized spacial score (nSPS) is 11.8. The molecule has 1 aromatic carbocycles. The molecule has 24 heavy (non-hydrogen) atoms. The molecule has 1 rings (SSSR count). The Hall–Kier alpha value is -1.03. The largest absolute Gasteiger partial charge is 0.416 e. The van der Waals surface area contributed by atoms with Crippen molar-refractivity contribution in [2.45, 2.75) is 32.5 Å². The molecule has 0 radical (unpaired) electrons. The molecule has 8 heteroatoms. The highest BCUT2D eigenvalue weighted by Crippen LogP contribution is 2.28. The second-order valence-corrected chi connectivity index (χ2v) is 4.95. The number of guanidine groups is 1. The first-order valence-corrected chi connectivity index (χ1v) is 7.65. The van der Waals surface area contributed by atoms with Gasteiger partial charge in [0.1, 0.15) is 0 Å². The van der Waals surface area contributed by atoms with Gasteiger partial charge in [0.15, 0.2) is 5.96 Å². The Labute approximate surface area is 158 Å². The van der Waals surface area contributed by atoms with Crippen LogP contribution in [0.25, 0.3) is 0 Å². The molecule has 1 aromatic rings. The topological polar surface area (TPSA) is 45.6 Å². The minimum atomic E-state index is -4.30. The monoisotopic (exact) mass is 459 g/mol. The van der Waals surface area contributed by atoms with Crippen molar-refractivity contribution >= 4 is 29.9 Å². The summed E-state index contributed by atoms with van der Waals surface area (Å²) in [5.41, 5.74) is 0.121. The van der Waals surface area contributed by atoms with Gasteiger partial charge in [-0.1, -0.05) is 12.1 Å². The Bertz CT molecular complexity index is 478. The molecule has 4 nitrogen and oxygen atoms in total. The van der Waals surface area contributed by atoms with Crippen LogP contribution in [0.2, 0.25) is 0 Å². The number of ether oxygens (including phenoxy) is 1. The molecule has 0 amide bonds. The third-order valence-corrected chi connectivity index (χ3v) is 3.18. The van der Waals surface area contributed by atoms with Gasteiger partial charge in [-0.05, 0) is 37.5 Å². The summed E-state index contributed by atoms with van der Waals surface area (Å²) in [6.07, 6.45) is -2.37. The molecule has 0 unspecified atom stereocenters. The molecule has 138 valence electrons. The maximum Gasteiger partial charge on any atom is 0.416 e. The molecule has 0 aliphatic rings. The molecule has 2 N–H and O–H groups in total. The van der Waals surface area contributed by atoms with Gasteiger partial charge in [0, 0.05) is 33.4 Å². The van der Waals surface area contributed by atoms with Crippen molar-refractivity contribution < 1.29 is 17.9 Å². The summed E-state index contributed by atoms with van der Waals surface area (Å²) < 4.78 is 42.7. The highest BCUT2D eigenvalue weighted by Gasteiger charge is 2.29. The van der Waals surface area contributed by atoms with E-state index >= 15 is 0 Å². The van der Waals surface area contributed by atoms with Gasteiger partial charge in [0.25, 0.3) is 0 Å². The minimum absolute atomic E-state index is 0. The summed E-state index contributed by atoms with van der Waals surface area (Å²) in [4.78, 5) is 4.08. The Balaban J connectivity index is 0.00000529. The highest BCUT2D eigenvalue weighted by molar-refractivity contribution is 14.0. The van der Waals surface area contributed by atoms with E-state index < -0.39 is 11.7 Å². The lowest BCUT2D eigenvalue weighted by Crippen LogP contribution is -2.37. The van der Waals surface area contributed by atoms with Gasteiger partial charge < -0.3 is 15.4 Å². The van der Waals surface area contributed by atoms with Crippen LogP contribution in [-0.2, 0) is 17.5 Å². The third kappa shape index (κ3) is 9.31. The fraction of sp³-hybridized carbons (Fsp3) is 0.562. The highest BCUT2D eigenvalue weighted by atomic mass is 127. The molecule has 0 aliphatic heterocycles. The third-order valence-electron chi connectivity index (χ3n) is 3.18. The van der Waals surface area contributed by atoms with Crippen molar-refractivity contribution in [2.75, 3.05) is 26.8 Å². The lowest BCUT2D eigenvalue weighted by molar-refractivity contribution is -0.137. The number of nitrogens with zero attached hydrogens (tertiary/aromatic N) is 1. The number of unbranched alkanes of at least 4 members (excludes halogenated alkanes) is 1. The van der Waals surface area contributed by atoms with Gasteiger partial charge in [-0.2, -0.15) is 13.2 Å². The SMILES string of the molecule is CCOCCCCNC(=NC)NCc1ccc(C(F)(F)F)cc1.I. The zero-order valence-corrected chi connectivity index (χ0v) is 16.3. The second-order valence-electron chi connectivity index (χ2n) is 4.95. The zero-order chi connectivity index (χ0) is 17.1. The second kappa shape index (κ2) is 12.3. The number of hydrogen-bond donors (Lipinski definition) is 2. The first-order valence-electron chi connectivity index (χ1n) is 7.65. The maximum atomic E-state index is 12.5. The van der Waals surface area contributed by atoms with Crippen molar-refractivity contribution in [1.82, 2.24) is 10.6 Å². The lowest BCUT2D eigenvalue weighted by Gasteiger charge is -2.12. The van der Waals surface area contributed by atoms with Crippen molar-refractivity contribution in [2.24, 2.45) is 4.99 Å². The molecule has 0 saturated heterocycles. The van der Waals surface area contributed by atoms with Gasteiger partial charge in [-0.25, -0.2) is 0 Å². The van der Waals surface area contributed by atoms with Crippen LogP contribution in [0.5, 0.6) is 0 Å². The first kappa shape index (κ1) is 23.0. The van der Waals surface area contributed by atoms with Crippen LogP contribution in [0.4, 0.5) is 13.2 Å². The number of nitrogens with one attached hydrogen (secondary N) is 2. The van der Waals surface area contributed by atoms with Gasteiger partial charge in [-0.15, -0.1) is 24.0 Å². The average molecular weight is 459 g/mol. The van der Waals surface area contributed by atoms with E-state index in [0.29, 0.717) is 12.5 Å². The molecule has 0 aromatic heterocycles. The zero-order valence-electron chi connectivity index (χ0n) is 13.9. The van der Waals surface area contributed by atoms with Gasteiger partial charge in [-0.3, -0.25) is 4.99 Å². The predicted molar refractivity (Wildman–Crippen MR) is 101 cm³/mol. The lowest BCUT2D eigenvalue weighted by atomic mass is 10.1. The molecular formula is C16H25F3IN3O. The predicted octanol–water partition coefficient (Wildman–Crippen LogP) is 3.81. The standard InChI is InChI=1S/C16H24F3N3O.HI/c1-3-23-11-5-4-10-21-15(20-2)22-12-13-6-8-14(9-7-13)16(17,18)19;/h6-9H,3-5,10-12H2,1-2H3,(H2,20,21,22);1H. The molecule has 0 saturated carbocycles. The summed E-state index contributed by atoms with van der Waals surface area (Å²) in [6.45, 7) is 4.61. The van der Waals surface area contributed by atoms with E-state index in [1.54, 1.807) is 7.05 Å². The summed E-state index contributed by atoms with van der Waals surface area (Å²) in [5, 5.41) is 6.23. The van der Waals surface area contributed by atoms with Crippen LogP contribution in [0.3, 0.4) is 0 Å². The molecule has 0 spiro atoms. The molecular weight excluding hydrogens is 434 g/mol. The fourth-order valence-corrected chi connectivity index (χ4v) is 1.90. The van der Waals surface area contributed by atoms with Crippen LogP contribution >= 0.6 is 24.0 Å². The number of aliphatic imine (C=N–C) groups is 1. The van der Waals surface area contributed by atoms with E-state index in [-0.39, 0.29) is 24.0 Å². The van der Waals surface area contributed by atoms with E-state index in [0.717, 1.165) is 50.3 Å². The minimum Gasteiger partial charge on any atom is -0.382 e. The van der Waals surface area contributed by atoms with E-state index in [4.69, 9.17) is 4.74 Å². The Kier molecular flexibility index (Phi) is 11.8. The molecule has 0 aliphatic carbocycles. The van der Waals surface area contributed by atoms with Crippen LogP contribution in [-0.4, -0.2) is 32.8 Å². The van der Waals surface area contributed by atoms with Crippen LogP contribution in [0.15, 0.2) is 29.3 Å². The quantitative estimate of drug-likeness (QED) is 0.269. The van der Waals surface area contributed by atoms with Gasteiger partial charge >= 0.3 is 6.18 Å². The maximum absolute atomic E-state index is 12.5. The van der Waals surface area contributed by atoms with Gasteiger partial charge in [0.2, 0.25) is 0 Å². The van der Waals surface area contributed by atoms with Crippen LogP contribution in [0.1, 0.15) is 30.9 Å². The van der Waals surface area contributed by atoms with E-state index in [1.807, 2.05) is 6.92 Å². The molecule has 0 fully saturated rings. The van der Waals surface area contributed by atoms with Crippen LogP contribution < -0.4 is 10.6 Å². The summed E-state index contributed by atoms with van der Waals surface area (Å²) >= 11 is 0. The number of halogens is 4. The first-order chi connectivity index (χ1) is 11.0. The Morgan fingerprint density at radius 3 is 2.33 bits per heavy atom. The Morgan fingerprint density at radius 2 is 1.79 bits per heavy atom. The molecule has 0 atom stereocenters. The van der Waals surface area contributed by atoms with Crippen molar-refractivity contribution in [3.63, 3.8) is 0 Å².